The Morgan fingerprint density at radius 1 is 0.947 bits per heavy atom. The number of aromatic amines is 1. The van der Waals surface area contributed by atoms with Crippen molar-refractivity contribution in [2.24, 2.45) is 5.41 Å². The molecule has 2 saturated heterocycles. The molecule has 0 aliphatic carbocycles. The number of aromatic nitrogens is 2. The van der Waals surface area contributed by atoms with Crippen LogP contribution in [0.4, 0.5) is 28.9 Å². The predicted octanol–water partition coefficient (Wildman–Crippen LogP) is 7.51. The quantitative estimate of drug-likeness (QED) is 0.0521. The monoisotopic (exact) mass is 1080 g/mol. The van der Waals surface area contributed by atoms with Gasteiger partial charge in [-0.2, -0.15) is 13.2 Å². The zero-order valence-electron chi connectivity index (χ0n) is 44.1. The number of piperazine rings is 1. The van der Waals surface area contributed by atoms with Crippen LogP contribution in [-0.2, 0) is 31.9 Å². The summed E-state index contributed by atoms with van der Waals surface area (Å²) in [5, 5.41) is 19.0. The Balaban J connectivity index is 0.892. The van der Waals surface area contributed by atoms with E-state index < -0.39 is 70.0 Å². The van der Waals surface area contributed by atoms with Gasteiger partial charge in [0.15, 0.2) is 0 Å². The summed E-state index contributed by atoms with van der Waals surface area (Å²) in [4.78, 5) is 94.2. The number of unbranched alkanes of at least 4 members (excludes halogenated alkanes) is 3. The van der Waals surface area contributed by atoms with Crippen molar-refractivity contribution in [3.05, 3.63) is 104 Å². The number of amides is 5. The number of β-amino-alcohol motifs (C(OH)–C–C–N with tert-alkyl or cyclic N) is 1. The van der Waals surface area contributed by atoms with E-state index in [9.17, 15) is 47.0 Å². The molecule has 7 rings (SSSR count). The summed E-state index contributed by atoms with van der Waals surface area (Å²) < 4.78 is 58.1. The molecule has 410 valence electrons. The summed E-state index contributed by atoms with van der Waals surface area (Å²) in [5.41, 5.74) is 1.79. The molecule has 2 aromatic carbocycles. The van der Waals surface area contributed by atoms with Gasteiger partial charge in [0.2, 0.25) is 29.2 Å². The molecule has 2 aromatic heterocycles. The van der Waals surface area contributed by atoms with Crippen molar-refractivity contribution >= 4 is 57.8 Å². The number of nitrogens with zero attached hydrogens (tertiary/aromatic N) is 5. The first-order valence-electron chi connectivity index (χ1n) is 25.8. The Hall–Kier alpha value is -6.45. The van der Waals surface area contributed by atoms with Crippen LogP contribution in [0, 0.1) is 18.2 Å². The second-order valence-electron chi connectivity index (χ2n) is 21.4. The first kappa shape index (κ1) is 57.3. The van der Waals surface area contributed by atoms with Crippen molar-refractivity contribution in [2.75, 3.05) is 50.0 Å². The van der Waals surface area contributed by atoms with Crippen molar-refractivity contribution in [2.45, 2.75) is 136 Å². The summed E-state index contributed by atoms with van der Waals surface area (Å²) in [5.74, 6) is -2.99. The van der Waals surface area contributed by atoms with E-state index in [2.05, 4.69) is 30.8 Å². The van der Waals surface area contributed by atoms with Gasteiger partial charge in [0.25, 0.3) is 5.91 Å². The second kappa shape index (κ2) is 24.3. The number of carbonyl (C=O) groups is 5. The van der Waals surface area contributed by atoms with Gasteiger partial charge in [-0.3, -0.25) is 33.7 Å². The maximum Gasteiger partial charge on any atom is 0.417 e. The van der Waals surface area contributed by atoms with Gasteiger partial charge in [-0.1, -0.05) is 64.0 Å². The number of thiazole rings is 1. The van der Waals surface area contributed by atoms with Crippen molar-refractivity contribution in [1.29, 1.82) is 0 Å². The first-order valence-corrected chi connectivity index (χ1v) is 26.7. The van der Waals surface area contributed by atoms with E-state index >= 15 is 4.39 Å². The molecule has 5 N–H and O–H groups in total. The van der Waals surface area contributed by atoms with Gasteiger partial charge in [0.1, 0.15) is 17.9 Å². The minimum absolute atomic E-state index is 0.0318. The van der Waals surface area contributed by atoms with Crippen LogP contribution < -0.4 is 26.4 Å². The fourth-order valence-electron chi connectivity index (χ4n) is 10.1. The SMILES string of the molecule is Cc1ncsc1-c1ccc(CNC(=O)[C@@H]2C[C@@H](O)CN2C(=O)[C@@H](NC(=O)CCCCCCC(=O)N2CC=C(c3cc(NC(=O)c4c[nH]c(=O)cc4C(F)(F)F)c(N4C[C@@H](C)N(C)[C@@H](C)C4)cc3F)CC2)C(C)(C)C)cc1. The first-order chi connectivity index (χ1) is 35.9. The highest BCUT2D eigenvalue weighted by molar-refractivity contribution is 7.13. The number of aliphatic hydroxyl groups excluding tert-OH is 1. The summed E-state index contributed by atoms with van der Waals surface area (Å²) in [6, 6.07) is 9.01. The number of hydrogen-bond donors (Lipinski definition) is 5. The number of anilines is 2. The standard InChI is InChI=1S/C55H69F4N9O7S/c1-32-28-67(29-33(2)65(32)7)44-25-42(56)39(23-43(44)63-51(73)40-27-60-47(71)24-41(40)55(57,58)59)36-18-20-66(21-19-36)48(72)13-11-9-8-10-12-46(70)64-50(54(4,5)6)53(75)68-30-38(69)22-45(68)52(74)61-26-35-14-16-37(17-15-35)49-34(3)62-31-76-49/h14-18,23-25,27,31-33,38,45,50,69H,8-13,19-22,26,28-30H2,1-7H3,(H,60,71)(H,61,74)(H,63,73)(H,64,70)/t32-,33+,38-,45+,50-/m1/s1. The third-order valence-corrected chi connectivity index (χ3v) is 15.6. The van der Waals surface area contributed by atoms with Crippen LogP contribution in [0.15, 0.2) is 65.0 Å². The average molecular weight is 1080 g/mol. The fraction of sp³-hybridized carbons (Fsp3) is 0.509. The van der Waals surface area contributed by atoms with Gasteiger partial charge in [-0.05, 0) is 81.3 Å². The van der Waals surface area contributed by atoms with Gasteiger partial charge in [-0.25, -0.2) is 9.37 Å². The van der Waals surface area contributed by atoms with E-state index in [0.29, 0.717) is 62.3 Å². The minimum Gasteiger partial charge on any atom is -0.391 e. The maximum absolute atomic E-state index is 16.2. The third kappa shape index (κ3) is 13.9. The summed E-state index contributed by atoms with van der Waals surface area (Å²) in [7, 11) is 1.97. The number of pyridine rings is 1. The number of carbonyl (C=O) groups excluding carboxylic acids is 5. The number of benzene rings is 2. The van der Waals surface area contributed by atoms with E-state index in [1.54, 1.807) is 27.8 Å². The van der Waals surface area contributed by atoms with Gasteiger partial charge in [0, 0.05) is 88.4 Å². The van der Waals surface area contributed by atoms with Crippen molar-refractivity contribution < 1.29 is 46.6 Å². The number of likely N-dealkylation sites (tertiary alicyclic amines) is 1. The Labute approximate surface area is 444 Å². The number of hydrogen-bond acceptors (Lipinski definition) is 11. The molecule has 3 aliphatic rings. The van der Waals surface area contributed by atoms with E-state index in [0.717, 1.165) is 21.7 Å². The van der Waals surface area contributed by atoms with Gasteiger partial charge in [-0.15, -0.1) is 11.3 Å². The molecule has 0 spiro atoms. The lowest BCUT2D eigenvalue weighted by Gasteiger charge is -2.44. The molecule has 5 heterocycles. The lowest BCUT2D eigenvalue weighted by atomic mass is 9.85. The summed E-state index contributed by atoms with van der Waals surface area (Å²) in [6.07, 6.45) is -0.344. The van der Waals surface area contributed by atoms with Crippen molar-refractivity contribution in [3.63, 3.8) is 0 Å². The molecule has 2 fully saturated rings. The molecule has 21 heteroatoms. The third-order valence-electron chi connectivity index (χ3n) is 14.7. The largest absolute Gasteiger partial charge is 0.417 e. The number of halogens is 4. The fourth-order valence-corrected chi connectivity index (χ4v) is 10.9. The zero-order chi connectivity index (χ0) is 55.2. The van der Waals surface area contributed by atoms with Crippen LogP contribution in [0.5, 0.6) is 0 Å². The molecule has 5 atom stereocenters. The van der Waals surface area contributed by atoms with Crippen LogP contribution >= 0.6 is 11.3 Å². The van der Waals surface area contributed by atoms with Crippen LogP contribution in [0.1, 0.15) is 119 Å². The number of H-pyrrole nitrogens is 1. The van der Waals surface area contributed by atoms with Crippen LogP contribution in [-0.4, -0.2) is 129 Å². The maximum atomic E-state index is 16.2. The molecule has 0 saturated carbocycles. The number of alkyl halides is 3. The zero-order valence-corrected chi connectivity index (χ0v) is 44.9. The van der Waals surface area contributed by atoms with Gasteiger partial charge < -0.3 is 40.7 Å². The summed E-state index contributed by atoms with van der Waals surface area (Å²) >= 11 is 1.55. The minimum atomic E-state index is -5.00. The van der Waals surface area contributed by atoms with Gasteiger partial charge in [0.05, 0.1) is 44.7 Å². The molecule has 3 aliphatic heterocycles. The summed E-state index contributed by atoms with van der Waals surface area (Å²) in [6.45, 7) is 13.0. The van der Waals surface area contributed by atoms with Crippen LogP contribution in [0.2, 0.25) is 0 Å². The van der Waals surface area contributed by atoms with Crippen LogP contribution in [0.25, 0.3) is 16.0 Å². The molecular weight excluding hydrogens is 1010 g/mol. The van der Waals surface area contributed by atoms with Crippen LogP contribution in [0.3, 0.4) is 0 Å². The number of nitrogens with one attached hydrogen (secondary N) is 4. The molecule has 16 nitrogen and oxygen atoms in total. The molecule has 4 aromatic rings. The number of aliphatic hydroxyl groups is 1. The lowest BCUT2D eigenvalue weighted by molar-refractivity contribution is -0.144. The molecule has 0 unspecified atom stereocenters. The topological polar surface area (TPSA) is 200 Å². The number of rotatable bonds is 17. The highest BCUT2D eigenvalue weighted by atomic mass is 32.1. The Morgan fingerprint density at radius 2 is 1.63 bits per heavy atom. The van der Waals surface area contributed by atoms with E-state index in [1.165, 1.54) is 17.0 Å². The van der Waals surface area contributed by atoms with Crippen molar-refractivity contribution in [3.8, 4) is 10.4 Å². The molecule has 0 bridgehead atoms. The van der Waals surface area contributed by atoms with Gasteiger partial charge >= 0.3 is 6.18 Å². The lowest BCUT2D eigenvalue weighted by Crippen LogP contribution is -2.57. The Morgan fingerprint density at radius 3 is 2.25 bits per heavy atom. The number of likely N-dealkylation sites (N-methyl/N-ethyl adjacent to an activating group) is 1. The Bertz CT molecular complexity index is 2850. The van der Waals surface area contributed by atoms with E-state index in [4.69, 9.17) is 0 Å². The Kier molecular flexibility index (Phi) is 18.3. The highest BCUT2D eigenvalue weighted by Crippen LogP contribution is 2.38. The van der Waals surface area contributed by atoms with E-state index in [1.807, 2.05) is 77.8 Å². The number of aryl methyl sites for hydroxylation is 1. The smallest absolute Gasteiger partial charge is 0.391 e. The second-order valence-corrected chi connectivity index (χ2v) is 22.2. The average Bonchev–Trinajstić information content (AvgIpc) is 3.99. The molecule has 0 radical (unpaired) electrons. The normalized spacial score (nSPS) is 19.8. The van der Waals surface area contributed by atoms with E-state index in [-0.39, 0.29) is 87.0 Å². The molecule has 5 amide bonds. The predicted molar refractivity (Wildman–Crippen MR) is 284 cm³/mol. The van der Waals surface area contributed by atoms with Crippen molar-refractivity contribution in [1.82, 2.24) is 35.3 Å². The molecular formula is C55H69F4N9O7S. The highest BCUT2D eigenvalue weighted by Gasteiger charge is 2.45. The molecule has 76 heavy (non-hydrogen) atoms.